The van der Waals surface area contributed by atoms with Gasteiger partial charge in [-0.1, -0.05) is 12.1 Å². The second kappa shape index (κ2) is 8.70. The zero-order valence-electron chi connectivity index (χ0n) is 14.2. The maximum atomic E-state index is 12.5. The van der Waals surface area contributed by atoms with Gasteiger partial charge in [0.1, 0.15) is 0 Å². The van der Waals surface area contributed by atoms with Crippen molar-refractivity contribution in [3.8, 4) is 0 Å². The quantitative estimate of drug-likeness (QED) is 0.688. The lowest BCUT2D eigenvalue weighted by Gasteiger charge is -2.11. The van der Waals surface area contributed by atoms with Crippen LogP contribution in [0.3, 0.4) is 0 Å². The van der Waals surface area contributed by atoms with Gasteiger partial charge in [-0.15, -0.1) is 0 Å². The number of hydrogen-bond donors (Lipinski definition) is 2. The highest BCUT2D eigenvalue weighted by molar-refractivity contribution is 7.89. The summed E-state index contributed by atoms with van der Waals surface area (Å²) in [6, 6.07) is 7.98. The second-order valence-corrected chi connectivity index (χ2v) is 7.18. The first-order valence-electron chi connectivity index (χ1n) is 7.70. The number of pyridine rings is 1. The van der Waals surface area contributed by atoms with Crippen molar-refractivity contribution in [2.75, 3.05) is 20.3 Å². The lowest BCUT2D eigenvalue weighted by atomic mass is 10.1. The highest BCUT2D eigenvalue weighted by Crippen LogP contribution is 2.16. The van der Waals surface area contributed by atoms with Gasteiger partial charge in [0.15, 0.2) is 0 Å². The number of nitrogens with one attached hydrogen (secondary N) is 2. The highest BCUT2D eigenvalue weighted by atomic mass is 32.2. The average molecular weight is 363 g/mol. The van der Waals surface area contributed by atoms with Crippen LogP contribution >= 0.6 is 0 Å². The molecule has 7 nitrogen and oxygen atoms in total. The van der Waals surface area contributed by atoms with E-state index >= 15 is 0 Å². The number of ether oxygens (including phenoxy) is 1. The van der Waals surface area contributed by atoms with Crippen molar-refractivity contribution in [3.63, 3.8) is 0 Å². The molecule has 0 saturated heterocycles. The molecular formula is C17H21N3O4S. The monoisotopic (exact) mass is 363 g/mol. The molecule has 2 aromatic rings. The summed E-state index contributed by atoms with van der Waals surface area (Å²) in [6.45, 7) is 2.62. The third-order valence-corrected chi connectivity index (χ3v) is 4.94. The van der Waals surface area contributed by atoms with E-state index in [1.54, 1.807) is 44.6 Å². The fourth-order valence-electron chi connectivity index (χ4n) is 2.14. The lowest BCUT2D eigenvalue weighted by Crippen LogP contribution is -2.28. The van der Waals surface area contributed by atoms with Crippen LogP contribution in [0.1, 0.15) is 21.5 Å². The summed E-state index contributed by atoms with van der Waals surface area (Å²) in [6.07, 6.45) is 3.21. The van der Waals surface area contributed by atoms with Crippen molar-refractivity contribution < 1.29 is 17.9 Å². The Bertz CT molecular complexity index is 823. The van der Waals surface area contributed by atoms with Crippen molar-refractivity contribution in [2.45, 2.75) is 18.4 Å². The minimum Gasteiger partial charge on any atom is -0.383 e. The molecule has 0 radical (unpaired) electrons. The number of hydrogen-bond acceptors (Lipinski definition) is 5. The number of methoxy groups -OCH3 is 1. The molecule has 0 saturated carbocycles. The summed E-state index contributed by atoms with van der Waals surface area (Å²) in [5, 5.41) is 2.69. The van der Waals surface area contributed by atoms with Crippen molar-refractivity contribution in [2.24, 2.45) is 0 Å². The van der Waals surface area contributed by atoms with Gasteiger partial charge in [0.2, 0.25) is 10.0 Å². The van der Waals surface area contributed by atoms with E-state index < -0.39 is 10.0 Å². The van der Waals surface area contributed by atoms with Crippen LogP contribution in [0.2, 0.25) is 0 Å². The number of carbonyl (C=O) groups excluding carboxylic acids is 1. The summed E-state index contributed by atoms with van der Waals surface area (Å²) in [7, 11) is -2.20. The van der Waals surface area contributed by atoms with Crippen molar-refractivity contribution in [1.82, 2.24) is 15.0 Å². The normalized spacial score (nSPS) is 11.3. The molecule has 8 heteroatoms. The predicted molar refractivity (Wildman–Crippen MR) is 93.7 cm³/mol. The number of aromatic nitrogens is 1. The summed E-state index contributed by atoms with van der Waals surface area (Å²) in [5.74, 6) is -0.334. The van der Waals surface area contributed by atoms with Crippen molar-refractivity contribution in [3.05, 3.63) is 59.4 Å². The SMILES string of the molecule is COCCNC(=O)c1cc(S(=O)(=O)NCc2cccnc2)ccc1C. The maximum Gasteiger partial charge on any atom is 0.251 e. The second-order valence-electron chi connectivity index (χ2n) is 5.41. The molecule has 25 heavy (non-hydrogen) atoms. The Morgan fingerprint density at radius 3 is 2.76 bits per heavy atom. The molecule has 1 aromatic carbocycles. The molecule has 0 unspecified atom stereocenters. The van der Waals surface area contributed by atoms with Crippen LogP contribution in [-0.4, -0.2) is 39.6 Å². The zero-order valence-corrected chi connectivity index (χ0v) is 15.0. The van der Waals surface area contributed by atoms with Gasteiger partial charge in [0.05, 0.1) is 11.5 Å². The Kier molecular flexibility index (Phi) is 6.63. The summed E-state index contributed by atoms with van der Waals surface area (Å²) >= 11 is 0. The van der Waals surface area contributed by atoms with Gasteiger partial charge < -0.3 is 10.1 Å². The van der Waals surface area contributed by atoms with E-state index in [-0.39, 0.29) is 17.3 Å². The molecule has 1 heterocycles. The van der Waals surface area contributed by atoms with E-state index in [2.05, 4.69) is 15.0 Å². The minimum absolute atomic E-state index is 0.0406. The first kappa shape index (κ1) is 19.0. The molecule has 0 fully saturated rings. The number of carbonyl (C=O) groups is 1. The molecule has 2 rings (SSSR count). The van der Waals surface area contributed by atoms with Gasteiger partial charge in [-0.3, -0.25) is 9.78 Å². The van der Waals surface area contributed by atoms with E-state index in [9.17, 15) is 13.2 Å². The van der Waals surface area contributed by atoms with Gasteiger partial charge in [-0.2, -0.15) is 0 Å². The third kappa shape index (κ3) is 5.35. The molecule has 1 amide bonds. The number of nitrogens with zero attached hydrogens (tertiary/aromatic N) is 1. The van der Waals surface area contributed by atoms with Crippen LogP contribution in [-0.2, 0) is 21.3 Å². The van der Waals surface area contributed by atoms with Crippen LogP contribution < -0.4 is 10.0 Å². The number of amides is 1. The molecule has 2 N–H and O–H groups in total. The van der Waals surface area contributed by atoms with Crippen LogP contribution in [0.25, 0.3) is 0 Å². The Labute approximate surface area is 147 Å². The Morgan fingerprint density at radius 1 is 1.28 bits per heavy atom. The van der Waals surface area contributed by atoms with Gasteiger partial charge in [0.25, 0.3) is 5.91 Å². The highest BCUT2D eigenvalue weighted by Gasteiger charge is 2.17. The summed E-state index contributed by atoms with van der Waals surface area (Å²) < 4.78 is 32.3. The van der Waals surface area contributed by atoms with Crippen molar-refractivity contribution in [1.29, 1.82) is 0 Å². The Morgan fingerprint density at radius 2 is 2.08 bits per heavy atom. The molecule has 134 valence electrons. The Balaban J connectivity index is 2.15. The molecule has 0 atom stereocenters. The molecular weight excluding hydrogens is 342 g/mol. The first-order chi connectivity index (χ1) is 11.9. The number of benzene rings is 1. The van der Waals surface area contributed by atoms with Crippen LogP contribution in [0, 0.1) is 6.92 Å². The number of rotatable bonds is 8. The van der Waals surface area contributed by atoms with E-state index in [0.29, 0.717) is 24.3 Å². The molecule has 1 aromatic heterocycles. The first-order valence-corrected chi connectivity index (χ1v) is 9.18. The van der Waals surface area contributed by atoms with Crippen molar-refractivity contribution >= 4 is 15.9 Å². The van der Waals surface area contributed by atoms with Gasteiger partial charge >= 0.3 is 0 Å². The fraction of sp³-hybridized carbons (Fsp3) is 0.294. The smallest absolute Gasteiger partial charge is 0.251 e. The van der Waals surface area contributed by atoms with Crippen LogP contribution in [0.15, 0.2) is 47.6 Å². The zero-order chi connectivity index (χ0) is 18.3. The van der Waals surface area contributed by atoms with E-state index in [4.69, 9.17) is 4.74 Å². The van der Waals surface area contributed by atoms with Gasteiger partial charge in [0, 0.05) is 38.2 Å². The standard InChI is InChI=1S/C17H21N3O4S/c1-13-5-6-15(10-16(13)17(21)19-8-9-24-2)25(22,23)20-12-14-4-3-7-18-11-14/h3-7,10-11,20H,8-9,12H2,1-2H3,(H,19,21). The lowest BCUT2D eigenvalue weighted by molar-refractivity contribution is 0.0936. The van der Waals surface area contributed by atoms with Gasteiger partial charge in [-0.25, -0.2) is 13.1 Å². The molecule has 0 aliphatic carbocycles. The van der Waals surface area contributed by atoms with Crippen LogP contribution in [0.4, 0.5) is 0 Å². The van der Waals surface area contributed by atoms with Gasteiger partial charge in [-0.05, 0) is 36.2 Å². The molecule has 0 aliphatic heterocycles. The largest absolute Gasteiger partial charge is 0.383 e. The molecule has 0 aliphatic rings. The average Bonchev–Trinajstić information content (AvgIpc) is 2.61. The van der Waals surface area contributed by atoms with E-state index in [1.165, 1.54) is 12.1 Å². The third-order valence-electron chi connectivity index (χ3n) is 3.54. The maximum absolute atomic E-state index is 12.5. The van der Waals surface area contributed by atoms with Crippen LogP contribution in [0.5, 0.6) is 0 Å². The molecule has 0 spiro atoms. The summed E-state index contributed by atoms with van der Waals surface area (Å²) in [5.41, 5.74) is 1.76. The summed E-state index contributed by atoms with van der Waals surface area (Å²) in [4.78, 5) is 16.2. The predicted octanol–water partition coefficient (Wildman–Crippen LogP) is 1.24. The fourth-order valence-corrected chi connectivity index (χ4v) is 3.18. The Hall–Kier alpha value is -2.29. The minimum atomic E-state index is -3.74. The van der Waals surface area contributed by atoms with E-state index in [1.807, 2.05) is 0 Å². The molecule has 0 bridgehead atoms. The topological polar surface area (TPSA) is 97.4 Å². The van der Waals surface area contributed by atoms with E-state index in [0.717, 1.165) is 5.56 Å². The number of sulfonamides is 1. The number of aryl methyl sites for hydroxylation is 1.